The molecule has 3 aromatic carbocycles. The van der Waals surface area contributed by atoms with Crippen LogP contribution in [0.15, 0.2) is 71.8 Å². The zero-order valence-corrected chi connectivity index (χ0v) is 16.3. The Morgan fingerprint density at radius 2 is 1.81 bits per heavy atom. The van der Waals surface area contributed by atoms with Crippen molar-refractivity contribution in [3.63, 3.8) is 0 Å². The SMILES string of the molecule is O=C(Cc1ccccc1O)Nc1cc2c3c(c(-c4ccccc4)[nH]c3c1)C=NNC2=O. The number of nitrogens with zero attached hydrogens (tertiary/aromatic N) is 1. The second-order valence-electron chi connectivity index (χ2n) is 7.28. The van der Waals surface area contributed by atoms with Crippen molar-refractivity contribution >= 4 is 34.6 Å². The number of carbonyl (C=O) groups is 2. The summed E-state index contributed by atoms with van der Waals surface area (Å²) in [5.41, 5.74) is 7.27. The third-order valence-electron chi connectivity index (χ3n) is 5.23. The summed E-state index contributed by atoms with van der Waals surface area (Å²) in [5, 5.41) is 17.5. The van der Waals surface area contributed by atoms with Gasteiger partial charge in [0, 0.05) is 27.7 Å². The number of carbonyl (C=O) groups excluding carboxylic acids is 2. The summed E-state index contributed by atoms with van der Waals surface area (Å²) in [6, 6.07) is 19.9. The standard InChI is InChI=1S/C24H18N4O3/c29-20-9-5-4-8-15(20)10-21(30)26-16-11-17-22-18(13-25-28-24(17)31)23(27-19(22)12-16)14-6-2-1-3-7-14/h1-9,11-13,27,29H,10H2,(H,26,30)(H,28,31). The van der Waals surface area contributed by atoms with Crippen molar-refractivity contribution in [3.05, 3.63) is 83.4 Å². The number of phenols is 1. The van der Waals surface area contributed by atoms with Crippen molar-refractivity contribution in [3.8, 4) is 17.0 Å². The quantitative estimate of drug-likeness (QED) is 0.411. The summed E-state index contributed by atoms with van der Waals surface area (Å²) in [7, 11) is 0. The Bertz CT molecular complexity index is 1360. The lowest BCUT2D eigenvalue weighted by atomic mass is 10.0. The molecule has 2 amide bonds. The van der Waals surface area contributed by atoms with Gasteiger partial charge < -0.3 is 15.4 Å². The first-order chi connectivity index (χ1) is 15.1. The summed E-state index contributed by atoms with van der Waals surface area (Å²) < 4.78 is 0. The minimum atomic E-state index is -0.351. The molecule has 7 heteroatoms. The molecule has 0 saturated carbocycles. The number of rotatable bonds is 4. The highest BCUT2D eigenvalue weighted by molar-refractivity contribution is 6.18. The van der Waals surface area contributed by atoms with Gasteiger partial charge in [0.25, 0.3) is 5.91 Å². The fraction of sp³-hybridized carbons (Fsp3) is 0.0417. The maximum absolute atomic E-state index is 12.6. The number of hydrogen-bond donors (Lipinski definition) is 4. The van der Waals surface area contributed by atoms with Crippen LogP contribution in [-0.2, 0) is 11.2 Å². The molecule has 4 aromatic rings. The third kappa shape index (κ3) is 3.42. The molecular formula is C24H18N4O3. The predicted molar refractivity (Wildman–Crippen MR) is 119 cm³/mol. The zero-order chi connectivity index (χ0) is 21.4. The molecule has 31 heavy (non-hydrogen) atoms. The molecule has 0 bridgehead atoms. The fourth-order valence-corrected chi connectivity index (χ4v) is 3.82. The van der Waals surface area contributed by atoms with Crippen molar-refractivity contribution in [1.82, 2.24) is 10.4 Å². The van der Waals surface area contributed by atoms with Gasteiger partial charge in [0.2, 0.25) is 5.91 Å². The number of anilines is 1. The highest BCUT2D eigenvalue weighted by Crippen LogP contribution is 2.34. The maximum atomic E-state index is 12.6. The van der Waals surface area contributed by atoms with Crippen LogP contribution in [0.1, 0.15) is 21.5 Å². The van der Waals surface area contributed by atoms with E-state index < -0.39 is 0 Å². The van der Waals surface area contributed by atoms with Crippen molar-refractivity contribution in [2.45, 2.75) is 6.42 Å². The molecule has 2 heterocycles. The predicted octanol–water partition coefficient (Wildman–Crippen LogP) is 3.80. The van der Waals surface area contributed by atoms with E-state index >= 15 is 0 Å². The molecule has 4 N–H and O–H groups in total. The van der Waals surface area contributed by atoms with E-state index in [9.17, 15) is 14.7 Å². The largest absolute Gasteiger partial charge is 0.508 e. The van der Waals surface area contributed by atoms with Crippen LogP contribution >= 0.6 is 0 Å². The van der Waals surface area contributed by atoms with Crippen LogP contribution in [0.5, 0.6) is 5.75 Å². The number of aromatic amines is 1. The van der Waals surface area contributed by atoms with Crippen LogP contribution < -0.4 is 10.7 Å². The topological polar surface area (TPSA) is 107 Å². The summed E-state index contributed by atoms with van der Waals surface area (Å²) in [6.45, 7) is 0. The molecule has 0 spiro atoms. The van der Waals surface area contributed by atoms with Crippen molar-refractivity contribution in [1.29, 1.82) is 0 Å². The molecule has 5 rings (SSSR count). The van der Waals surface area contributed by atoms with Gasteiger partial charge in [-0.15, -0.1) is 0 Å². The van der Waals surface area contributed by atoms with E-state index in [2.05, 4.69) is 20.8 Å². The lowest BCUT2D eigenvalue weighted by Gasteiger charge is -2.09. The number of para-hydroxylation sites is 1. The highest BCUT2D eigenvalue weighted by Gasteiger charge is 2.22. The van der Waals surface area contributed by atoms with Gasteiger partial charge in [0.15, 0.2) is 0 Å². The van der Waals surface area contributed by atoms with Gasteiger partial charge in [0.1, 0.15) is 5.75 Å². The first-order valence-electron chi connectivity index (χ1n) is 9.75. The van der Waals surface area contributed by atoms with E-state index in [1.165, 1.54) is 6.07 Å². The molecule has 1 aliphatic rings. The first-order valence-corrected chi connectivity index (χ1v) is 9.75. The molecule has 1 aliphatic heterocycles. The van der Waals surface area contributed by atoms with Gasteiger partial charge in [-0.3, -0.25) is 9.59 Å². The number of aromatic nitrogens is 1. The Labute approximate surface area is 177 Å². The van der Waals surface area contributed by atoms with E-state index in [4.69, 9.17) is 0 Å². The molecule has 0 aliphatic carbocycles. The van der Waals surface area contributed by atoms with Gasteiger partial charge >= 0.3 is 0 Å². The molecule has 152 valence electrons. The minimum Gasteiger partial charge on any atom is -0.508 e. The number of hydrazone groups is 1. The molecule has 0 radical (unpaired) electrons. The summed E-state index contributed by atoms with van der Waals surface area (Å²) >= 11 is 0. The molecule has 7 nitrogen and oxygen atoms in total. The lowest BCUT2D eigenvalue weighted by Crippen LogP contribution is -2.18. The number of H-pyrrole nitrogens is 1. The summed E-state index contributed by atoms with van der Waals surface area (Å²) in [4.78, 5) is 28.6. The van der Waals surface area contributed by atoms with Crippen molar-refractivity contribution < 1.29 is 14.7 Å². The first kappa shape index (κ1) is 18.6. The van der Waals surface area contributed by atoms with E-state index in [0.717, 1.165) is 22.2 Å². The zero-order valence-electron chi connectivity index (χ0n) is 16.3. The number of nitrogens with one attached hydrogen (secondary N) is 3. The average Bonchev–Trinajstić information content (AvgIpc) is 3.04. The molecule has 0 atom stereocenters. The summed E-state index contributed by atoms with van der Waals surface area (Å²) in [5.74, 6) is -0.582. The average molecular weight is 410 g/mol. The Morgan fingerprint density at radius 3 is 2.61 bits per heavy atom. The number of benzene rings is 3. The van der Waals surface area contributed by atoms with Crippen LogP contribution in [0.4, 0.5) is 5.69 Å². The molecular weight excluding hydrogens is 392 g/mol. The second kappa shape index (κ2) is 7.46. The van der Waals surface area contributed by atoms with Crippen molar-refractivity contribution in [2.24, 2.45) is 5.10 Å². The van der Waals surface area contributed by atoms with Crippen LogP contribution in [0, 0.1) is 0 Å². The number of phenolic OH excluding ortho intramolecular Hbond substituents is 1. The van der Waals surface area contributed by atoms with E-state index in [1.54, 1.807) is 36.5 Å². The van der Waals surface area contributed by atoms with E-state index in [1.807, 2.05) is 30.3 Å². The fourth-order valence-electron chi connectivity index (χ4n) is 3.82. The van der Waals surface area contributed by atoms with Gasteiger partial charge in [-0.25, -0.2) is 5.43 Å². The Hall–Kier alpha value is -4.39. The van der Waals surface area contributed by atoms with E-state index in [-0.39, 0.29) is 24.0 Å². The van der Waals surface area contributed by atoms with Crippen LogP contribution in [0.25, 0.3) is 22.2 Å². The van der Waals surface area contributed by atoms with Crippen LogP contribution in [0.3, 0.4) is 0 Å². The highest BCUT2D eigenvalue weighted by atomic mass is 16.3. The Balaban J connectivity index is 1.56. The summed E-state index contributed by atoms with van der Waals surface area (Å²) in [6.07, 6.45) is 1.65. The number of aromatic hydroxyl groups is 1. The smallest absolute Gasteiger partial charge is 0.272 e. The third-order valence-corrected chi connectivity index (χ3v) is 5.23. The second-order valence-corrected chi connectivity index (χ2v) is 7.28. The molecule has 0 fully saturated rings. The normalized spacial score (nSPS) is 12.5. The molecule has 0 unspecified atom stereocenters. The maximum Gasteiger partial charge on any atom is 0.272 e. The van der Waals surface area contributed by atoms with Crippen LogP contribution in [0.2, 0.25) is 0 Å². The lowest BCUT2D eigenvalue weighted by molar-refractivity contribution is -0.115. The van der Waals surface area contributed by atoms with Crippen molar-refractivity contribution in [2.75, 3.05) is 5.32 Å². The van der Waals surface area contributed by atoms with Gasteiger partial charge in [-0.05, 0) is 23.8 Å². The van der Waals surface area contributed by atoms with E-state index in [0.29, 0.717) is 22.3 Å². The Kier molecular flexibility index (Phi) is 4.48. The van der Waals surface area contributed by atoms with Gasteiger partial charge in [-0.2, -0.15) is 5.10 Å². The minimum absolute atomic E-state index is 0.0145. The van der Waals surface area contributed by atoms with Gasteiger partial charge in [0.05, 0.1) is 23.9 Å². The van der Waals surface area contributed by atoms with Crippen LogP contribution in [-0.4, -0.2) is 28.1 Å². The number of amides is 2. The molecule has 1 aromatic heterocycles. The monoisotopic (exact) mass is 410 g/mol. The Morgan fingerprint density at radius 1 is 1.03 bits per heavy atom. The molecule has 0 saturated heterocycles. The van der Waals surface area contributed by atoms with Gasteiger partial charge in [-0.1, -0.05) is 48.5 Å². The number of hydrogen-bond acceptors (Lipinski definition) is 4.